The van der Waals surface area contributed by atoms with Gasteiger partial charge < -0.3 is 4.90 Å². The highest BCUT2D eigenvalue weighted by molar-refractivity contribution is 6.18. The van der Waals surface area contributed by atoms with Gasteiger partial charge in [-0.2, -0.15) is 5.26 Å². The first-order valence-corrected chi connectivity index (χ1v) is 5.47. The number of carbonyl (C=O) groups is 1. The van der Waals surface area contributed by atoms with E-state index in [1.165, 1.54) is 0 Å². The van der Waals surface area contributed by atoms with Crippen LogP contribution in [-0.4, -0.2) is 29.8 Å². The molecule has 0 fully saturated rings. The minimum absolute atomic E-state index is 0.0279. The van der Waals surface area contributed by atoms with Gasteiger partial charge in [0, 0.05) is 24.5 Å². The Morgan fingerprint density at radius 3 is 2.88 bits per heavy atom. The van der Waals surface area contributed by atoms with Crippen LogP contribution in [0.3, 0.4) is 0 Å². The summed E-state index contributed by atoms with van der Waals surface area (Å²) in [7, 11) is 1.70. The fourth-order valence-electron chi connectivity index (χ4n) is 1.23. The van der Waals surface area contributed by atoms with E-state index in [1.807, 2.05) is 13.0 Å². The van der Waals surface area contributed by atoms with Gasteiger partial charge >= 0.3 is 0 Å². The van der Waals surface area contributed by atoms with Crippen molar-refractivity contribution in [2.24, 2.45) is 0 Å². The first-order chi connectivity index (χ1) is 7.60. The summed E-state index contributed by atoms with van der Waals surface area (Å²) < 4.78 is 0. The van der Waals surface area contributed by atoms with E-state index in [2.05, 4.69) is 0 Å². The van der Waals surface area contributed by atoms with Crippen LogP contribution in [0.25, 0.3) is 0 Å². The van der Waals surface area contributed by atoms with Gasteiger partial charge in [0.05, 0.1) is 11.6 Å². The molecule has 3 nitrogen and oxygen atoms in total. The monoisotopic (exact) mass is 236 g/mol. The zero-order valence-electron chi connectivity index (χ0n) is 9.27. The van der Waals surface area contributed by atoms with Crippen LogP contribution in [0.1, 0.15) is 22.8 Å². The molecule has 0 spiro atoms. The Balaban J connectivity index is 2.92. The summed E-state index contributed by atoms with van der Waals surface area (Å²) in [5.74, 6) is 0.269. The third kappa shape index (κ3) is 2.74. The van der Waals surface area contributed by atoms with Gasteiger partial charge in [0.25, 0.3) is 5.91 Å². The lowest BCUT2D eigenvalue weighted by Crippen LogP contribution is -2.36. The fourth-order valence-corrected chi connectivity index (χ4v) is 1.44. The number of rotatable bonds is 3. The Labute approximate surface area is 100 Å². The molecule has 1 unspecified atom stereocenters. The molecule has 0 saturated heterocycles. The number of nitrogens with zero attached hydrogens (tertiary/aromatic N) is 2. The highest BCUT2D eigenvalue weighted by Crippen LogP contribution is 2.09. The second-order valence-corrected chi connectivity index (χ2v) is 3.92. The van der Waals surface area contributed by atoms with Crippen LogP contribution in [0.15, 0.2) is 24.3 Å². The summed E-state index contributed by atoms with van der Waals surface area (Å²) in [6.07, 6.45) is 0. The number of amides is 1. The molecule has 0 heterocycles. The lowest BCUT2D eigenvalue weighted by atomic mass is 10.1. The molecule has 4 heteroatoms. The minimum atomic E-state index is -0.120. The Hall–Kier alpha value is -1.53. The molecule has 0 aliphatic rings. The van der Waals surface area contributed by atoms with E-state index >= 15 is 0 Å². The first-order valence-electron chi connectivity index (χ1n) is 4.93. The highest BCUT2D eigenvalue weighted by Gasteiger charge is 2.16. The molecule has 0 saturated carbocycles. The highest BCUT2D eigenvalue weighted by atomic mass is 35.5. The van der Waals surface area contributed by atoms with Crippen molar-refractivity contribution in [1.29, 1.82) is 5.26 Å². The van der Waals surface area contributed by atoms with Gasteiger partial charge in [-0.25, -0.2) is 0 Å². The van der Waals surface area contributed by atoms with Crippen LogP contribution in [0.2, 0.25) is 0 Å². The SMILES string of the molecule is CC(CCl)N(C)C(=O)c1cccc(C#N)c1. The van der Waals surface area contributed by atoms with Crippen molar-refractivity contribution in [3.63, 3.8) is 0 Å². The maximum absolute atomic E-state index is 12.0. The second kappa shape index (κ2) is 5.53. The number of nitriles is 1. The van der Waals surface area contributed by atoms with Crippen LogP contribution < -0.4 is 0 Å². The van der Waals surface area contributed by atoms with E-state index < -0.39 is 0 Å². The predicted octanol–water partition coefficient (Wildman–Crippen LogP) is 2.26. The van der Waals surface area contributed by atoms with E-state index in [-0.39, 0.29) is 11.9 Å². The summed E-state index contributed by atoms with van der Waals surface area (Å²) in [5, 5.41) is 8.74. The van der Waals surface area contributed by atoms with Gasteiger partial charge in [-0.3, -0.25) is 4.79 Å². The normalized spacial score (nSPS) is 11.6. The number of benzene rings is 1. The molecule has 0 aromatic heterocycles. The van der Waals surface area contributed by atoms with Crippen molar-refractivity contribution in [3.8, 4) is 6.07 Å². The van der Waals surface area contributed by atoms with E-state index in [1.54, 1.807) is 36.2 Å². The predicted molar refractivity (Wildman–Crippen MR) is 63.4 cm³/mol. The van der Waals surface area contributed by atoms with Gasteiger partial charge in [0.15, 0.2) is 0 Å². The molecule has 0 aliphatic heterocycles. The van der Waals surface area contributed by atoms with Gasteiger partial charge in [-0.05, 0) is 25.1 Å². The van der Waals surface area contributed by atoms with Gasteiger partial charge in [-0.15, -0.1) is 11.6 Å². The molecule has 0 aliphatic carbocycles. The molecule has 84 valence electrons. The molecule has 1 atom stereocenters. The number of carbonyl (C=O) groups excluding carboxylic acids is 1. The van der Waals surface area contributed by atoms with Gasteiger partial charge in [-0.1, -0.05) is 6.07 Å². The van der Waals surface area contributed by atoms with Crippen molar-refractivity contribution in [2.45, 2.75) is 13.0 Å². The second-order valence-electron chi connectivity index (χ2n) is 3.61. The number of hydrogen-bond acceptors (Lipinski definition) is 2. The largest absolute Gasteiger partial charge is 0.338 e. The van der Waals surface area contributed by atoms with Crippen LogP contribution in [-0.2, 0) is 0 Å². The lowest BCUT2D eigenvalue weighted by Gasteiger charge is -2.23. The molecule has 0 N–H and O–H groups in total. The Morgan fingerprint density at radius 2 is 2.31 bits per heavy atom. The maximum atomic E-state index is 12.0. The third-order valence-corrected chi connectivity index (χ3v) is 2.89. The van der Waals surface area contributed by atoms with Crippen molar-refractivity contribution < 1.29 is 4.79 Å². The van der Waals surface area contributed by atoms with Crippen LogP contribution in [0, 0.1) is 11.3 Å². The topological polar surface area (TPSA) is 44.1 Å². The minimum Gasteiger partial charge on any atom is -0.338 e. The maximum Gasteiger partial charge on any atom is 0.253 e. The average molecular weight is 237 g/mol. The molecule has 0 radical (unpaired) electrons. The van der Waals surface area contributed by atoms with Crippen molar-refractivity contribution in [1.82, 2.24) is 4.90 Å². The van der Waals surface area contributed by atoms with Crippen molar-refractivity contribution in [2.75, 3.05) is 12.9 Å². The number of halogens is 1. The molecule has 0 bridgehead atoms. The zero-order valence-corrected chi connectivity index (χ0v) is 10.0. The summed E-state index contributed by atoms with van der Waals surface area (Å²) in [4.78, 5) is 13.5. The van der Waals surface area contributed by atoms with Crippen molar-refractivity contribution in [3.05, 3.63) is 35.4 Å². The van der Waals surface area contributed by atoms with E-state index in [4.69, 9.17) is 16.9 Å². The standard InChI is InChI=1S/C12H13ClN2O/c1-9(7-13)15(2)12(16)11-5-3-4-10(6-11)8-14/h3-6,9H,7H2,1-2H3. The molecule has 1 aromatic rings. The Kier molecular flexibility index (Phi) is 4.33. The fraction of sp³-hybridized carbons (Fsp3) is 0.333. The first kappa shape index (κ1) is 12.5. The summed E-state index contributed by atoms with van der Waals surface area (Å²) in [6, 6.07) is 8.63. The Morgan fingerprint density at radius 1 is 1.62 bits per heavy atom. The molecule has 1 rings (SSSR count). The smallest absolute Gasteiger partial charge is 0.253 e. The van der Waals surface area contributed by atoms with E-state index in [9.17, 15) is 4.79 Å². The Bertz CT molecular complexity index is 425. The quantitative estimate of drug-likeness (QED) is 0.756. The molecule has 1 amide bonds. The van der Waals surface area contributed by atoms with Gasteiger partial charge in [0.1, 0.15) is 0 Å². The van der Waals surface area contributed by atoms with Crippen LogP contribution in [0.4, 0.5) is 0 Å². The molecule has 1 aromatic carbocycles. The summed E-state index contributed by atoms with van der Waals surface area (Å²) >= 11 is 5.69. The summed E-state index contributed by atoms with van der Waals surface area (Å²) in [6.45, 7) is 1.87. The molecular weight excluding hydrogens is 224 g/mol. The van der Waals surface area contributed by atoms with E-state index in [0.717, 1.165) is 0 Å². The average Bonchev–Trinajstić information content (AvgIpc) is 2.36. The molecular formula is C12H13ClN2O. The zero-order chi connectivity index (χ0) is 12.1. The third-order valence-electron chi connectivity index (χ3n) is 2.44. The van der Waals surface area contributed by atoms with Gasteiger partial charge in [0.2, 0.25) is 0 Å². The van der Waals surface area contributed by atoms with Crippen LogP contribution in [0.5, 0.6) is 0 Å². The molecule has 16 heavy (non-hydrogen) atoms. The summed E-state index contributed by atoms with van der Waals surface area (Å²) in [5.41, 5.74) is 0.997. The number of alkyl halides is 1. The van der Waals surface area contributed by atoms with Crippen LogP contribution >= 0.6 is 11.6 Å². The number of hydrogen-bond donors (Lipinski definition) is 0. The van der Waals surface area contributed by atoms with E-state index in [0.29, 0.717) is 17.0 Å². The van der Waals surface area contributed by atoms with Crippen molar-refractivity contribution >= 4 is 17.5 Å². The lowest BCUT2D eigenvalue weighted by molar-refractivity contribution is 0.0756.